The van der Waals surface area contributed by atoms with Crippen LogP contribution in [0.15, 0.2) is 55.0 Å². The van der Waals surface area contributed by atoms with Gasteiger partial charge in [-0.1, -0.05) is 23.7 Å². The third-order valence-electron chi connectivity index (χ3n) is 6.13. The van der Waals surface area contributed by atoms with E-state index >= 15 is 0 Å². The molecule has 2 bridgehead atoms. The number of rotatable bonds is 4. The molecule has 3 aromatic rings. The number of pyridine rings is 1. The van der Waals surface area contributed by atoms with Gasteiger partial charge in [0.15, 0.2) is 5.82 Å². The van der Waals surface area contributed by atoms with Crippen molar-refractivity contribution in [2.45, 2.75) is 31.3 Å². The van der Waals surface area contributed by atoms with Crippen LogP contribution in [0.3, 0.4) is 0 Å². The predicted molar refractivity (Wildman–Crippen MR) is 116 cm³/mol. The first-order chi connectivity index (χ1) is 15.1. The Balaban J connectivity index is 1.45. The number of anilines is 1. The van der Waals surface area contributed by atoms with E-state index in [0.717, 1.165) is 25.1 Å². The number of carbonyl (C=O) groups is 1. The number of amides is 1. The summed E-state index contributed by atoms with van der Waals surface area (Å²) >= 11 is 5.94. The minimum atomic E-state index is -0.555. The zero-order chi connectivity index (χ0) is 21.4. The normalized spacial score (nSPS) is 22.4. The first kappa shape index (κ1) is 19.9. The lowest BCUT2D eigenvalue weighted by molar-refractivity contribution is 0.0278. The molecule has 1 amide bonds. The number of piperidine rings is 2. The van der Waals surface area contributed by atoms with Gasteiger partial charge >= 0.3 is 0 Å². The van der Waals surface area contributed by atoms with Crippen LogP contribution < -0.4 is 5.32 Å². The maximum atomic E-state index is 14.9. The second kappa shape index (κ2) is 8.23. The Bertz CT molecular complexity index is 1090. The van der Waals surface area contributed by atoms with E-state index in [4.69, 9.17) is 11.6 Å². The smallest absolute Gasteiger partial charge is 0.257 e. The Morgan fingerprint density at radius 1 is 1.10 bits per heavy atom. The van der Waals surface area contributed by atoms with E-state index in [9.17, 15) is 9.18 Å². The summed E-state index contributed by atoms with van der Waals surface area (Å²) in [6.07, 6.45) is 7.65. The van der Waals surface area contributed by atoms with Crippen LogP contribution >= 0.6 is 11.6 Å². The highest BCUT2D eigenvalue weighted by Gasteiger charge is 2.44. The fraction of sp³-hybridized carbons (Fsp3) is 0.304. The molecule has 1 aromatic carbocycles. The molecule has 1 aliphatic carbocycles. The number of hydrogen-bond donors (Lipinski definition) is 1. The highest BCUT2D eigenvalue weighted by molar-refractivity contribution is 6.30. The zero-order valence-electron chi connectivity index (χ0n) is 16.7. The lowest BCUT2D eigenvalue weighted by Gasteiger charge is -2.50. The van der Waals surface area contributed by atoms with Crippen molar-refractivity contribution in [2.75, 3.05) is 11.9 Å². The molecule has 6 nitrogen and oxygen atoms in total. The summed E-state index contributed by atoms with van der Waals surface area (Å²) < 4.78 is 14.9. The van der Waals surface area contributed by atoms with Crippen molar-refractivity contribution < 1.29 is 9.18 Å². The van der Waals surface area contributed by atoms with Crippen LogP contribution in [0.5, 0.6) is 0 Å². The molecule has 4 heterocycles. The van der Waals surface area contributed by atoms with Crippen LogP contribution in [0.2, 0.25) is 5.02 Å². The van der Waals surface area contributed by atoms with Gasteiger partial charge in [-0.2, -0.15) is 0 Å². The number of nitrogens with zero attached hydrogens (tertiary/aromatic N) is 4. The molecule has 1 saturated carbocycles. The van der Waals surface area contributed by atoms with Gasteiger partial charge in [-0.05, 0) is 49.4 Å². The Kier molecular flexibility index (Phi) is 5.28. The van der Waals surface area contributed by atoms with Crippen molar-refractivity contribution in [1.29, 1.82) is 0 Å². The lowest BCUT2D eigenvalue weighted by Crippen LogP contribution is -2.60. The summed E-state index contributed by atoms with van der Waals surface area (Å²) in [5.41, 5.74) is 0.445. The summed E-state index contributed by atoms with van der Waals surface area (Å²) in [5.74, 6) is 0.555. The number of hydrogen-bond acceptors (Lipinski definition) is 5. The fourth-order valence-corrected chi connectivity index (χ4v) is 4.86. The van der Waals surface area contributed by atoms with Gasteiger partial charge in [-0.15, -0.1) is 0 Å². The molecule has 2 saturated heterocycles. The third-order valence-corrected chi connectivity index (χ3v) is 6.36. The Morgan fingerprint density at radius 2 is 1.94 bits per heavy atom. The Hall–Kier alpha value is -3.06. The first-order valence-corrected chi connectivity index (χ1v) is 10.7. The Labute approximate surface area is 184 Å². The molecule has 3 fully saturated rings. The molecule has 3 atom stereocenters. The SMILES string of the molecule is O=C(c1c(F)cccc1-c1ncccn1)N1CC2CCC1C(Nc1ccc(Cl)cn1)C2. The average Bonchev–Trinajstić information content (AvgIpc) is 2.81. The number of aromatic nitrogens is 3. The maximum Gasteiger partial charge on any atom is 0.257 e. The van der Waals surface area contributed by atoms with Crippen LogP contribution in [-0.2, 0) is 0 Å². The molecular formula is C23H21ClFN5O. The quantitative estimate of drug-likeness (QED) is 0.653. The van der Waals surface area contributed by atoms with Gasteiger partial charge in [0, 0.05) is 36.7 Å². The van der Waals surface area contributed by atoms with Gasteiger partial charge in [0.2, 0.25) is 0 Å². The van der Waals surface area contributed by atoms with Gasteiger partial charge in [0.1, 0.15) is 11.6 Å². The summed E-state index contributed by atoms with van der Waals surface area (Å²) in [7, 11) is 0. The molecule has 1 N–H and O–H groups in total. The van der Waals surface area contributed by atoms with Gasteiger partial charge in [0.25, 0.3) is 5.91 Å². The van der Waals surface area contributed by atoms with E-state index in [1.54, 1.807) is 42.9 Å². The fourth-order valence-electron chi connectivity index (χ4n) is 4.74. The van der Waals surface area contributed by atoms with Crippen LogP contribution in [-0.4, -0.2) is 44.4 Å². The molecule has 0 spiro atoms. The molecule has 0 radical (unpaired) electrons. The number of fused-ring (bicyclic) bond motifs is 3. The zero-order valence-corrected chi connectivity index (χ0v) is 17.5. The van der Waals surface area contributed by atoms with Gasteiger partial charge < -0.3 is 10.2 Å². The van der Waals surface area contributed by atoms with Crippen molar-refractivity contribution >= 4 is 23.3 Å². The number of nitrogens with one attached hydrogen (secondary N) is 1. The summed E-state index contributed by atoms with van der Waals surface area (Å²) in [6, 6.07) is 9.90. The monoisotopic (exact) mass is 437 g/mol. The van der Waals surface area contributed by atoms with E-state index in [1.165, 1.54) is 6.07 Å². The topological polar surface area (TPSA) is 71.0 Å². The number of halogens is 2. The molecule has 31 heavy (non-hydrogen) atoms. The third kappa shape index (κ3) is 3.85. The van der Waals surface area contributed by atoms with Crippen molar-refractivity contribution in [3.05, 3.63) is 71.4 Å². The highest BCUT2D eigenvalue weighted by Crippen LogP contribution is 2.38. The van der Waals surface area contributed by atoms with Gasteiger partial charge in [-0.25, -0.2) is 19.3 Å². The van der Waals surface area contributed by atoms with Crippen LogP contribution in [0.1, 0.15) is 29.6 Å². The van der Waals surface area contributed by atoms with E-state index in [0.29, 0.717) is 28.9 Å². The highest BCUT2D eigenvalue weighted by atomic mass is 35.5. The first-order valence-electron chi connectivity index (χ1n) is 10.3. The standard InChI is InChI=1S/C23H21ClFN5O/c24-15-6-8-20(28-12-15)29-18-11-14-5-7-19(18)30(13-14)23(31)21-16(3-1-4-17(21)25)22-26-9-2-10-27-22/h1-4,6,8-10,12,14,18-19H,5,7,11,13H2,(H,28,29). The van der Waals surface area contributed by atoms with E-state index in [-0.39, 0.29) is 23.6 Å². The maximum absolute atomic E-state index is 14.9. The number of benzene rings is 1. The molecule has 158 valence electrons. The molecule has 2 aromatic heterocycles. The second-order valence-corrected chi connectivity index (χ2v) is 8.49. The Morgan fingerprint density at radius 3 is 2.68 bits per heavy atom. The summed E-state index contributed by atoms with van der Waals surface area (Å²) in [4.78, 5) is 28.2. The molecule has 8 heteroatoms. The van der Waals surface area contributed by atoms with Crippen molar-refractivity contribution in [1.82, 2.24) is 19.9 Å². The summed E-state index contributed by atoms with van der Waals surface area (Å²) in [6.45, 7) is 0.624. The lowest BCUT2D eigenvalue weighted by atomic mass is 9.76. The van der Waals surface area contributed by atoms with E-state index < -0.39 is 5.82 Å². The predicted octanol–water partition coefficient (Wildman–Crippen LogP) is 4.44. The van der Waals surface area contributed by atoms with Crippen LogP contribution in [0.25, 0.3) is 11.4 Å². The van der Waals surface area contributed by atoms with Crippen LogP contribution in [0, 0.1) is 11.7 Å². The molecule has 6 rings (SSSR count). The number of carbonyl (C=O) groups excluding carboxylic acids is 1. The molecular weight excluding hydrogens is 417 g/mol. The summed E-state index contributed by atoms with van der Waals surface area (Å²) in [5, 5.41) is 4.03. The molecule has 3 unspecified atom stereocenters. The van der Waals surface area contributed by atoms with Gasteiger partial charge in [-0.3, -0.25) is 4.79 Å². The van der Waals surface area contributed by atoms with E-state index in [2.05, 4.69) is 20.3 Å². The van der Waals surface area contributed by atoms with Gasteiger partial charge in [0.05, 0.1) is 16.6 Å². The minimum Gasteiger partial charge on any atom is -0.365 e. The van der Waals surface area contributed by atoms with Crippen molar-refractivity contribution in [3.8, 4) is 11.4 Å². The average molecular weight is 438 g/mol. The van der Waals surface area contributed by atoms with Crippen molar-refractivity contribution in [2.24, 2.45) is 5.92 Å². The largest absolute Gasteiger partial charge is 0.365 e. The van der Waals surface area contributed by atoms with E-state index in [1.807, 2.05) is 11.0 Å². The minimum absolute atomic E-state index is 0.0321. The second-order valence-electron chi connectivity index (χ2n) is 8.05. The molecule has 2 aliphatic heterocycles. The van der Waals surface area contributed by atoms with Crippen molar-refractivity contribution in [3.63, 3.8) is 0 Å². The van der Waals surface area contributed by atoms with Crippen LogP contribution in [0.4, 0.5) is 10.2 Å². The molecule has 3 aliphatic rings.